The van der Waals surface area contributed by atoms with Crippen LogP contribution in [0, 0.1) is 5.92 Å². The van der Waals surface area contributed by atoms with Crippen LogP contribution >= 0.6 is 0 Å². The summed E-state index contributed by atoms with van der Waals surface area (Å²) in [5.74, 6) is 2.24. The Hall–Kier alpha value is -3.73. The van der Waals surface area contributed by atoms with Crippen molar-refractivity contribution in [2.24, 2.45) is 5.92 Å². The summed E-state index contributed by atoms with van der Waals surface area (Å²) >= 11 is 0. The molecular weight excluding hydrogens is 548 g/mol. The maximum atomic E-state index is 13.2. The first-order valence-corrected chi connectivity index (χ1v) is 15.2. The summed E-state index contributed by atoms with van der Waals surface area (Å²) in [6.07, 6.45) is 4.24. The second kappa shape index (κ2) is 12.9. The molecule has 2 aliphatic heterocycles. The Morgan fingerprint density at radius 1 is 1.05 bits per heavy atom. The minimum absolute atomic E-state index is 0.0963. The van der Waals surface area contributed by atoms with Gasteiger partial charge in [-0.1, -0.05) is 13.0 Å². The van der Waals surface area contributed by atoms with Gasteiger partial charge in [0.25, 0.3) is 5.91 Å². The molecule has 43 heavy (non-hydrogen) atoms. The fraction of sp³-hybridized carbons (Fsp3) is 0.485. The van der Waals surface area contributed by atoms with Crippen molar-refractivity contribution >= 4 is 27.8 Å². The highest BCUT2D eigenvalue weighted by molar-refractivity contribution is 5.99. The van der Waals surface area contributed by atoms with E-state index in [9.17, 15) is 9.90 Å². The zero-order chi connectivity index (χ0) is 29.9. The van der Waals surface area contributed by atoms with Crippen LogP contribution in [-0.2, 0) is 6.61 Å². The highest BCUT2D eigenvalue weighted by atomic mass is 16.5. The minimum Gasteiger partial charge on any atom is -0.496 e. The molecule has 0 unspecified atom stereocenters. The molecule has 4 aromatic rings. The highest BCUT2D eigenvalue weighted by Gasteiger charge is 2.26. The Balaban J connectivity index is 1.04. The summed E-state index contributed by atoms with van der Waals surface area (Å²) < 4.78 is 22.9. The second-order valence-electron chi connectivity index (χ2n) is 11.9. The molecule has 4 heterocycles. The Morgan fingerprint density at radius 2 is 1.84 bits per heavy atom. The number of hydrogen-bond acceptors (Lipinski definition) is 8. The molecule has 2 aliphatic rings. The van der Waals surface area contributed by atoms with Crippen LogP contribution in [-0.4, -0.2) is 91.4 Å². The standard InChI is InChI=1S/C33H42N4O6/c1-21-18-37(12-9-28(21)38)14-13-36-10-7-23(8-11-36)34-33(39)27-17-25-26(35-27)5-4-6-29(25)42-19-22-20-43-31-16-24(40-2)15-30(41-3)32(22)31/h4-6,15-17,20-21,23,28,35,38H,7-14,18-19H2,1-3H3,(H,34,39)/t21-,28-/m0/s1. The largest absolute Gasteiger partial charge is 0.496 e. The summed E-state index contributed by atoms with van der Waals surface area (Å²) in [5.41, 5.74) is 2.89. The number of aliphatic hydroxyl groups excluding tert-OH is 1. The van der Waals surface area contributed by atoms with Gasteiger partial charge in [-0.15, -0.1) is 0 Å². The lowest BCUT2D eigenvalue weighted by Gasteiger charge is -2.37. The van der Waals surface area contributed by atoms with E-state index in [0.717, 1.165) is 80.4 Å². The molecule has 0 saturated carbocycles. The predicted molar refractivity (Wildman–Crippen MR) is 165 cm³/mol. The van der Waals surface area contributed by atoms with Gasteiger partial charge in [0, 0.05) is 73.9 Å². The Morgan fingerprint density at radius 3 is 2.60 bits per heavy atom. The number of rotatable bonds is 10. The molecule has 0 radical (unpaired) electrons. The van der Waals surface area contributed by atoms with Crippen molar-refractivity contribution in [1.29, 1.82) is 0 Å². The van der Waals surface area contributed by atoms with E-state index in [1.54, 1.807) is 20.5 Å². The zero-order valence-corrected chi connectivity index (χ0v) is 25.2. The lowest BCUT2D eigenvalue weighted by molar-refractivity contribution is 0.0301. The molecule has 2 fully saturated rings. The maximum absolute atomic E-state index is 13.2. The van der Waals surface area contributed by atoms with Gasteiger partial charge < -0.3 is 43.8 Å². The van der Waals surface area contributed by atoms with Gasteiger partial charge in [0.15, 0.2) is 0 Å². The van der Waals surface area contributed by atoms with Crippen molar-refractivity contribution in [2.75, 3.05) is 53.5 Å². The number of carbonyl (C=O) groups excluding carboxylic acids is 1. The highest BCUT2D eigenvalue weighted by Crippen LogP contribution is 2.36. The molecule has 3 N–H and O–H groups in total. The molecule has 1 amide bonds. The van der Waals surface area contributed by atoms with E-state index in [1.807, 2.05) is 36.4 Å². The molecule has 10 nitrogen and oxygen atoms in total. The van der Waals surface area contributed by atoms with Gasteiger partial charge in [0.2, 0.25) is 0 Å². The van der Waals surface area contributed by atoms with Crippen molar-refractivity contribution in [3.63, 3.8) is 0 Å². The van der Waals surface area contributed by atoms with Gasteiger partial charge in [-0.2, -0.15) is 0 Å². The average Bonchev–Trinajstić information content (AvgIpc) is 3.66. The number of ether oxygens (including phenoxy) is 3. The van der Waals surface area contributed by atoms with Crippen molar-refractivity contribution < 1.29 is 28.5 Å². The number of hydrogen-bond donors (Lipinski definition) is 3. The predicted octanol–water partition coefficient (Wildman–Crippen LogP) is 4.41. The zero-order valence-electron chi connectivity index (χ0n) is 25.2. The number of carbonyl (C=O) groups is 1. The van der Waals surface area contributed by atoms with E-state index in [-0.39, 0.29) is 24.7 Å². The summed E-state index contributed by atoms with van der Waals surface area (Å²) in [5, 5.41) is 14.9. The van der Waals surface area contributed by atoms with Crippen LogP contribution in [0.2, 0.25) is 0 Å². The number of benzene rings is 2. The lowest BCUT2D eigenvalue weighted by Crippen LogP contribution is -2.48. The molecule has 2 saturated heterocycles. The summed E-state index contributed by atoms with van der Waals surface area (Å²) in [6, 6.07) is 11.4. The second-order valence-corrected chi connectivity index (χ2v) is 11.9. The van der Waals surface area contributed by atoms with Gasteiger partial charge in [0.05, 0.1) is 32.0 Å². The summed E-state index contributed by atoms with van der Waals surface area (Å²) in [7, 11) is 3.22. The van der Waals surface area contributed by atoms with Gasteiger partial charge in [-0.05, 0) is 43.4 Å². The lowest BCUT2D eigenvalue weighted by atomic mass is 9.97. The topological polar surface area (TPSA) is 112 Å². The van der Waals surface area contributed by atoms with Crippen LogP contribution in [0.25, 0.3) is 21.9 Å². The normalized spacial score (nSPS) is 20.5. The number of furan rings is 1. The third-order valence-electron chi connectivity index (χ3n) is 9.00. The van der Waals surface area contributed by atoms with Crippen molar-refractivity contribution in [3.8, 4) is 17.2 Å². The van der Waals surface area contributed by atoms with E-state index in [2.05, 4.69) is 27.0 Å². The maximum Gasteiger partial charge on any atom is 0.267 e. The van der Waals surface area contributed by atoms with Crippen LogP contribution in [0.3, 0.4) is 0 Å². The number of aliphatic hydroxyl groups is 1. The monoisotopic (exact) mass is 590 g/mol. The van der Waals surface area contributed by atoms with Crippen LogP contribution in [0.15, 0.2) is 47.1 Å². The van der Waals surface area contributed by atoms with Gasteiger partial charge in [-0.25, -0.2) is 0 Å². The number of H-pyrrole nitrogens is 1. The number of fused-ring (bicyclic) bond motifs is 2. The molecule has 10 heteroatoms. The number of aromatic amines is 1. The Bertz CT molecular complexity index is 1560. The number of piperidine rings is 2. The third kappa shape index (κ3) is 6.46. The quantitative estimate of drug-likeness (QED) is 0.249. The number of nitrogens with zero attached hydrogens (tertiary/aromatic N) is 2. The fourth-order valence-electron chi connectivity index (χ4n) is 6.35. The van der Waals surface area contributed by atoms with E-state index in [0.29, 0.717) is 34.4 Å². The van der Waals surface area contributed by atoms with Gasteiger partial charge >= 0.3 is 0 Å². The van der Waals surface area contributed by atoms with Crippen molar-refractivity contribution in [3.05, 3.63) is 53.9 Å². The molecular formula is C33H42N4O6. The molecule has 0 spiro atoms. The van der Waals surface area contributed by atoms with Crippen molar-refractivity contribution in [1.82, 2.24) is 20.1 Å². The number of amides is 1. The Labute approximate surface area is 251 Å². The van der Waals surface area contributed by atoms with E-state index in [4.69, 9.17) is 18.6 Å². The molecule has 2 atom stereocenters. The molecule has 2 aromatic carbocycles. The van der Waals surface area contributed by atoms with Crippen LogP contribution < -0.4 is 19.5 Å². The number of nitrogens with one attached hydrogen (secondary N) is 2. The number of methoxy groups -OCH3 is 2. The smallest absolute Gasteiger partial charge is 0.267 e. The number of likely N-dealkylation sites (tertiary alicyclic amines) is 2. The van der Waals surface area contributed by atoms with Crippen LogP contribution in [0.1, 0.15) is 42.2 Å². The molecule has 0 bridgehead atoms. The summed E-state index contributed by atoms with van der Waals surface area (Å²) in [6.45, 7) is 8.36. The summed E-state index contributed by atoms with van der Waals surface area (Å²) in [4.78, 5) is 21.4. The van der Waals surface area contributed by atoms with E-state index in [1.165, 1.54) is 0 Å². The SMILES string of the molecule is COc1cc(OC)c2c(COc3cccc4[nH]c(C(=O)NC5CCN(CCN6CC[C@H](O)[C@@H](C)C6)CC5)cc34)coc2c1. The Kier molecular flexibility index (Phi) is 8.78. The van der Waals surface area contributed by atoms with E-state index < -0.39 is 0 Å². The molecule has 2 aromatic heterocycles. The first-order chi connectivity index (χ1) is 20.9. The average molecular weight is 591 g/mol. The van der Waals surface area contributed by atoms with Gasteiger partial charge in [-0.3, -0.25) is 4.79 Å². The minimum atomic E-state index is -0.162. The molecule has 6 rings (SSSR count). The molecule has 0 aliphatic carbocycles. The number of aromatic nitrogens is 1. The third-order valence-corrected chi connectivity index (χ3v) is 9.00. The fourth-order valence-corrected chi connectivity index (χ4v) is 6.35. The molecule has 230 valence electrons. The van der Waals surface area contributed by atoms with Gasteiger partial charge in [0.1, 0.15) is 35.1 Å². The van der Waals surface area contributed by atoms with Crippen LogP contribution in [0.4, 0.5) is 0 Å². The first-order valence-electron chi connectivity index (χ1n) is 15.2. The first kappa shape index (κ1) is 29.3. The van der Waals surface area contributed by atoms with Crippen molar-refractivity contribution in [2.45, 2.75) is 44.9 Å². The van der Waals surface area contributed by atoms with E-state index >= 15 is 0 Å². The van der Waals surface area contributed by atoms with Crippen LogP contribution in [0.5, 0.6) is 17.2 Å².